The van der Waals surface area contributed by atoms with Crippen LogP contribution in [0.4, 0.5) is 10.1 Å². The molecule has 3 rings (SSSR count). The Kier molecular flexibility index (Phi) is 6.78. The van der Waals surface area contributed by atoms with Gasteiger partial charge >= 0.3 is 0 Å². The summed E-state index contributed by atoms with van der Waals surface area (Å²) in [5, 5.41) is 2.44. The predicted molar refractivity (Wildman–Crippen MR) is 109 cm³/mol. The van der Waals surface area contributed by atoms with Crippen LogP contribution in [0, 0.1) is 5.82 Å². The van der Waals surface area contributed by atoms with Crippen LogP contribution in [0.3, 0.4) is 0 Å². The molecule has 1 fully saturated rings. The largest absolute Gasteiger partial charge is 0.368 e. The van der Waals surface area contributed by atoms with E-state index in [1.807, 2.05) is 0 Å². The number of pyridine rings is 1. The number of likely N-dealkylation sites (tertiary alicyclic amines) is 1. The summed E-state index contributed by atoms with van der Waals surface area (Å²) in [7, 11) is 0. The van der Waals surface area contributed by atoms with Crippen molar-refractivity contribution in [1.29, 1.82) is 0 Å². The maximum Gasteiger partial charge on any atom is 0.255 e. The Labute approximate surface area is 176 Å². The molecule has 1 aliphatic heterocycles. The summed E-state index contributed by atoms with van der Waals surface area (Å²) in [5.41, 5.74) is 10.4. The summed E-state index contributed by atoms with van der Waals surface area (Å²) in [6, 6.07) is 7.77. The fourth-order valence-corrected chi connectivity index (χ4v) is 3.42. The molecule has 0 radical (unpaired) electrons. The molecule has 3 amide bonds. The average Bonchev–Trinajstić information content (AvgIpc) is 3.11. The number of nitrogens with one attached hydrogen (secondary N) is 1. The molecule has 5 N–H and O–H groups in total. The average molecular weight is 431 g/mol. The smallest absolute Gasteiger partial charge is 0.255 e. The predicted octanol–water partition coefficient (Wildman–Crippen LogP) is -0.655. The van der Waals surface area contributed by atoms with Crippen molar-refractivity contribution in [3.8, 4) is 5.69 Å². The fourth-order valence-electron chi connectivity index (χ4n) is 3.42. The van der Waals surface area contributed by atoms with Gasteiger partial charge in [-0.2, -0.15) is 0 Å². The molecular weight excluding hydrogens is 409 g/mol. The number of nitrogens with zero attached hydrogens (tertiary/aromatic N) is 2. The molecule has 2 atom stereocenters. The van der Waals surface area contributed by atoms with Gasteiger partial charge in [0, 0.05) is 24.9 Å². The maximum absolute atomic E-state index is 14.5. The summed E-state index contributed by atoms with van der Waals surface area (Å²) >= 11 is 0. The van der Waals surface area contributed by atoms with Crippen molar-refractivity contribution in [3.63, 3.8) is 0 Å². The number of hydrogen-bond acceptors (Lipinski definition) is 6. The van der Waals surface area contributed by atoms with E-state index in [1.54, 1.807) is 12.1 Å². The number of anilines is 1. The van der Waals surface area contributed by atoms with E-state index >= 15 is 0 Å². The number of rotatable bonds is 8. The highest BCUT2D eigenvalue weighted by Gasteiger charge is 2.37. The standard InChI is InChI=1S/C20H22FN5O5/c21-14-7-12(26-6-2-1-3-19(26)29)4-5-15(14)24-18(28)10-25-9-13(31-11-17(22)27)8-16(25)20(23)30/h1-7,13,16H,8-11H2,(H2,22,27)(H2,23,30)(H,24,28)/t13-,16?/m0/s1. The molecule has 2 aromatic rings. The highest BCUT2D eigenvalue weighted by molar-refractivity contribution is 5.93. The molecule has 0 spiro atoms. The Hall–Kier alpha value is -3.57. The topological polar surface area (TPSA) is 150 Å². The second-order valence-corrected chi connectivity index (χ2v) is 7.10. The number of nitrogens with two attached hydrogens (primary N) is 2. The molecule has 0 aliphatic carbocycles. The number of primary amides is 2. The summed E-state index contributed by atoms with van der Waals surface area (Å²) in [5.74, 6) is -2.58. The number of hydrogen-bond donors (Lipinski definition) is 3. The zero-order valence-electron chi connectivity index (χ0n) is 16.5. The molecule has 31 heavy (non-hydrogen) atoms. The van der Waals surface area contributed by atoms with Gasteiger partial charge in [0.05, 0.1) is 30.1 Å². The van der Waals surface area contributed by atoms with Crippen molar-refractivity contribution >= 4 is 23.4 Å². The number of ether oxygens (including phenoxy) is 1. The van der Waals surface area contributed by atoms with Crippen LogP contribution >= 0.6 is 0 Å². The van der Waals surface area contributed by atoms with Crippen molar-refractivity contribution in [2.24, 2.45) is 11.5 Å². The van der Waals surface area contributed by atoms with Gasteiger partial charge in [-0.25, -0.2) is 4.39 Å². The molecule has 1 aromatic heterocycles. The lowest BCUT2D eigenvalue weighted by molar-refractivity contribution is -0.125. The first kappa shape index (κ1) is 22.1. The van der Waals surface area contributed by atoms with Crippen molar-refractivity contribution in [1.82, 2.24) is 9.47 Å². The van der Waals surface area contributed by atoms with Gasteiger partial charge in [-0.3, -0.25) is 28.6 Å². The van der Waals surface area contributed by atoms with Gasteiger partial charge in [0.2, 0.25) is 17.7 Å². The molecule has 11 heteroatoms. The zero-order valence-corrected chi connectivity index (χ0v) is 16.5. The maximum atomic E-state index is 14.5. The van der Waals surface area contributed by atoms with Crippen LogP contribution in [-0.2, 0) is 19.1 Å². The minimum absolute atomic E-state index is 0.0749. The Morgan fingerprint density at radius 1 is 1.19 bits per heavy atom. The summed E-state index contributed by atoms with van der Waals surface area (Å²) in [4.78, 5) is 48.4. The van der Waals surface area contributed by atoms with Gasteiger partial charge in [0.25, 0.3) is 5.56 Å². The van der Waals surface area contributed by atoms with Crippen LogP contribution in [-0.4, -0.2) is 59.0 Å². The van der Waals surface area contributed by atoms with Crippen LogP contribution in [0.25, 0.3) is 5.69 Å². The molecule has 10 nitrogen and oxygen atoms in total. The second kappa shape index (κ2) is 9.49. The Morgan fingerprint density at radius 2 is 1.97 bits per heavy atom. The lowest BCUT2D eigenvalue weighted by Gasteiger charge is -2.21. The molecule has 2 heterocycles. The quantitative estimate of drug-likeness (QED) is 0.505. The lowest BCUT2D eigenvalue weighted by Crippen LogP contribution is -2.44. The fraction of sp³-hybridized carbons (Fsp3) is 0.300. The van der Waals surface area contributed by atoms with E-state index in [4.69, 9.17) is 16.2 Å². The van der Waals surface area contributed by atoms with Crippen LogP contribution in [0.2, 0.25) is 0 Å². The monoisotopic (exact) mass is 431 g/mol. The number of carbonyl (C=O) groups is 3. The summed E-state index contributed by atoms with van der Waals surface area (Å²) in [6.45, 7) is -0.353. The molecule has 0 saturated carbocycles. The van der Waals surface area contributed by atoms with Crippen molar-refractivity contribution in [3.05, 3.63) is 58.8 Å². The highest BCUT2D eigenvalue weighted by atomic mass is 19.1. The molecule has 1 unspecified atom stereocenters. The second-order valence-electron chi connectivity index (χ2n) is 7.10. The van der Waals surface area contributed by atoms with E-state index in [0.29, 0.717) is 5.69 Å². The number of aromatic nitrogens is 1. The van der Waals surface area contributed by atoms with Gasteiger partial charge in [0.1, 0.15) is 12.4 Å². The zero-order chi connectivity index (χ0) is 22.5. The highest BCUT2D eigenvalue weighted by Crippen LogP contribution is 2.21. The number of benzene rings is 1. The molecule has 1 aromatic carbocycles. The van der Waals surface area contributed by atoms with Crippen molar-refractivity contribution in [2.45, 2.75) is 18.6 Å². The SMILES string of the molecule is NC(=O)CO[C@H]1CC(C(N)=O)N(CC(=O)Nc2ccc(-n3ccccc3=O)cc2F)C1. The molecule has 1 aliphatic rings. The molecule has 1 saturated heterocycles. The third kappa shape index (κ3) is 5.53. The normalized spacial score (nSPS) is 18.6. The van der Waals surface area contributed by atoms with Gasteiger partial charge in [-0.15, -0.1) is 0 Å². The van der Waals surface area contributed by atoms with Gasteiger partial charge in [-0.1, -0.05) is 6.07 Å². The van der Waals surface area contributed by atoms with Crippen molar-refractivity contribution < 1.29 is 23.5 Å². The minimum Gasteiger partial charge on any atom is -0.368 e. The van der Waals surface area contributed by atoms with E-state index in [0.717, 1.165) is 6.07 Å². The number of halogens is 1. The van der Waals surface area contributed by atoms with Gasteiger partial charge < -0.3 is 21.5 Å². The van der Waals surface area contributed by atoms with Crippen LogP contribution in [0.1, 0.15) is 6.42 Å². The first-order chi connectivity index (χ1) is 14.7. The van der Waals surface area contributed by atoms with E-state index in [9.17, 15) is 23.6 Å². The summed E-state index contributed by atoms with van der Waals surface area (Å²) < 4.78 is 21.1. The minimum atomic E-state index is -0.763. The lowest BCUT2D eigenvalue weighted by atomic mass is 10.2. The van der Waals surface area contributed by atoms with E-state index in [2.05, 4.69) is 5.32 Å². The Bertz CT molecular complexity index is 1060. The third-order valence-electron chi connectivity index (χ3n) is 4.83. The first-order valence-electron chi connectivity index (χ1n) is 9.45. The van der Waals surface area contributed by atoms with Gasteiger partial charge in [-0.05, 0) is 24.6 Å². The van der Waals surface area contributed by atoms with Crippen LogP contribution < -0.4 is 22.3 Å². The van der Waals surface area contributed by atoms with Crippen LogP contribution in [0.5, 0.6) is 0 Å². The number of amides is 3. The Balaban J connectivity index is 1.66. The molecular formula is C20H22FN5O5. The van der Waals surface area contributed by atoms with E-state index < -0.39 is 35.7 Å². The summed E-state index contributed by atoms with van der Waals surface area (Å²) in [6.07, 6.45) is 1.23. The van der Waals surface area contributed by atoms with Crippen LogP contribution in [0.15, 0.2) is 47.4 Å². The molecule has 0 bridgehead atoms. The van der Waals surface area contributed by atoms with Crippen molar-refractivity contribution in [2.75, 3.05) is 25.0 Å². The first-order valence-corrected chi connectivity index (χ1v) is 9.45. The van der Waals surface area contributed by atoms with E-state index in [1.165, 1.54) is 33.9 Å². The Morgan fingerprint density at radius 3 is 2.61 bits per heavy atom. The van der Waals surface area contributed by atoms with E-state index in [-0.39, 0.29) is 37.4 Å². The third-order valence-corrected chi connectivity index (χ3v) is 4.83. The van der Waals surface area contributed by atoms with Gasteiger partial charge in [0.15, 0.2) is 0 Å². The number of carbonyl (C=O) groups excluding carboxylic acids is 3. The molecule has 164 valence electrons.